The number of hydrogen-bond acceptors (Lipinski definition) is 3. The van der Waals surface area contributed by atoms with Crippen molar-refractivity contribution in [3.63, 3.8) is 0 Å². The molecule has 0 saturated carbocycles. The molecular formula is C17H27N3O2. The van der Waals surface area contributed by atoms with Gasteiger partial charge in [-0.2, -0.15) is 0 Å². The second-order valence-corrected chi connectivity index (χ2v) is 6.04. The predicted molar refractivity (Wildman–Crippen MR) is 87.3 cm³/mol. The van der Waals surface area contributed by atoms with Crippen molar-refractivity contribution in [1.29, 1.82) is 0 Å². The lowest BCUT2D eigenvalue weighted by molar-refractivity contribution is -0.138. The third-order valence-electron chi connectivity index (χ3n) is 3.66. The maximum Gasteiger partial charge on any atom is 0.241 e. The largest absolute Gasteiger partial charge is 0.344 e. The van der Waals surface area contributed by atoms with Crippen LogP contribution in [0.3, 0.4) is 0 Å². The van der Waals surface area contributed by atoms with Gasteiger partial charge in [0.2, 0.25) is 11.8 Å². The van der Waals surface area contributed by atoms with Crippen LogP contribution in [0.15, 0.2) is 24.5 Å². The second kappa shape index (κ2) is 9.18. The Bertz CT molecular complexity index is 474. The average molecular weight is 305 g/mol. The van der Waals surface area contributed by atoms with E-state index < -0.39 is 0 Å². The molecule has 0 N–H and O–H groups in total. The SMILES string of the molecule is CC(=O)N(CCC(C)C)CC(=O)N(C)CCc1ccncc1. The summed E-state index contributed by atoms with van der Waals surface area (Å²) >= 11 is 0. The molecule has 0 aliphatic carbocycles. The zero-order valence-electron chi connectivity index (χ0n) is 14.1. The number of nitrogens with zero attached hydrogens (tertiary/aromatic N) is 3. The van der Waals surface area contributed by atoms with Crippen molar-refractivity contribution >= 4 is 11.8 Å². The van der Waals surface area contributed by atoms with Crippen LogP contribution in [0.1, 0.15) is 32.8 Å². The van der Waals surface area contributed by atoms with Gasteiger partial charge in [0, 0.05) is 39.5 Å². The molecule has 0 unspecified atom stereocenters. The number of aromatic nitrogens is 1. The zero-order chi connectivity index (χ0) is 16.5. The van der Waals surface area contributed by atoms with E-state index in [0.29, 0.717) is 19.0 Å². The van der Waals surface area contributed by atoms with Crippen LogP contribution in [-0.2, 0) is 16.0 Å². The van der Waals surface area contributed by atoms with Crippen LogP contribution < -0.4 is 0 Å². The number of hydrogen-bond donors (Lipinski definition) is 0. The van der Waals surface area contributed by atoms with Crippen LogP contribution >= 0.6 is 0 Å². The number of amides is 2. The first-order chi connectivity index (χ1) is 10.4. The average Bonchev–Trinajstić information content (AvgIpc) is 2.49. The van der Waals surface area contributed by atoms with Gasteiger partial charge in [-0.05, 0) is 36.5 Å². The molecule has 0 radical (unpaired) electrons. The Hall–Kier alpha value is -1.91. The summed E-state index contributed by atoms with van der Waals surface area (Å²) in [5.41, 5.74) is 1.15. The van der Waals surface area contributed by atoms with Crippen LogP contribution in [-0.4, -0.2) is 53.3 Å². The summed E-state index contributed by atoms with van der Waals surface area (Å²) in [6.07, 6.45) is 5.20. The fraction of sp³-hybridized carbons (Fsp3) is 0.588. The molecule has 0 fully saturated rings. The quantitative estimate of drug-likeness (QED) is 0.738. The van der Waals surface area contributed by atoms with Gasteiger partial charge in [0.05, 0.1) is 6.54 Å². The molecule has 1 aromatic heterocycles. The number of carbonyl (C=O) groups is 2. The highest BCUT2D eigenvalue weighted by Gasteiger charge is 2.16. The van der Waals surface area contributed by atoms with Crippen molar-refractivity contribution in [2.24, 2.45) is 5.92 Å². The highest BCUT2D eigenvalue weighted by atomic mass is 16.2. The zero-order valence-corrected chi connectivity index (χ0v) is 14.1. The van der Waals surface area contributed by atoms with Crippen LogP contribution in [0.5, 0.6) is 0 Å². The lowest BCUT2D eigenvalue weighted by atomic mass is 10.1. The maximum absolute atomic E-state index is 12.2. The Morgan fingerprint density at radius 2 is 1.82 bits per heavy atom. The third-order valence-corrected chi connectivity index (χ3v) is 3.66. The predicted octanol–water partition coefficient (Wildman–Crippen LogP) is 1.98. The van der Waals surface area contributed by atoms with Gasteiger partial charge in [-0.1, -0.05) is 13.8 Å². The van der Waals surface area contributed by atoms with E-state index in [9.17, 15) is 9.59 Å². The van der Waals surface area contributed by atoms with Crippen molar-refractivity contribution in [2.75, 3.05) is 26.7 Å². The highest BCUT2D eigenvalue weighted by molar-refractivity contribution is 5.83. The van der Waals surface area contributed by atoms with Gasteiger partial charge in [0.1, 0.15) is 0 Å². The molecule has 1 aromatic rings. The normalized spacial score (nSPS) is 10.6. The Kier molecular flexibility index (Phi) is 7.57. The summed E-state index contributed by atoms with van der Waals surface area (Å²) in [6, 6.07) is 3.89. The van der Waals surface area contributed by atoms with E-state index in [1.165, 1.54) is 6.92 Å². The van der Waals surface area contributed by atoms with Gasteiger partial charge in [-0.25, -0.2) is 0 Å². The maximum atomic E-state index is 12.2. The summed E-state index contributed by atoms with van der Waals surface area (Å²) in [7, 11) is 1.78. The van der Waals surface area contributed by atoms with E-state index >= 15 is 0 Å². The van der Waals surface area contributed by atoms with Crippen LogP contribution in [0.2, 0.25) is 0 Å². The Morgan fingerprint density at radius 3 is 2.36 bits per heavy atom. The van der Waals surface area contributed by atoms with Crippen molar-refractivity contribution in [2.45, 2.75) is 33.6 Å². The minimum absolute atomic E-state index is 0.0204. The third kappa shape index (κ3) is 6.70. The van der Waals surface area contributed by atoms with E-state index in [1.54, 1.807) is 29.2 Å². The summed E-state index contributed by atoms with van der Waals surface area (Å²) in [4.78, 5) is 31.2. The van der Waals surface area contributed by atoms with Gasteiger partial charge in [0.15, 0.2) is 0 Å². The minimum atomic E-state index is -0.0449. The fourth-order valence-electron chi connectivity index (χ4n) is 2.02. The molecule has 0 aliphatic rings. The monoisotopic (exact) mass is 305 g/mol. The van der Waals surface area contributed by atoms with Gasteiger partial charge in [-0.15, -0.1) is 0 Å². The lowest BCUT2D eigenvalue weighted by Crippen LogP contribution is -2.41. The molecule has 5 nitrogen and oxygen atoms in total. The molecule has 0 aromatic carbocycles. The van der Waals surface area contributed by atoms with Crippen LogP contribution in [0, 0.1) is 5.92 Å². The van der Waals surface area contributed by atoms with E-state index in [2.05, 4.69) is 18.8 Å². The van der Waals surface area contributed by atoms with Crippen LogP contribution in [0.4, 0.5) is 0 Å². The second-order valence-electron chi connectivity index (χ2n) is 6.04. The number of pyridine rings is 1. The summed E-state index contributed by atoms with van der Waals surface area (Å²) < 4.78 is 0. The molecule has 0 atom stereocenters. The number of carbonyl (C=O) groups excluding carboxylic acids is 2. The van der Waals surface area contributed by atoms with Crippen molar-refractivity contribution in [1.82, 2.24) is 14.8 Å². The molecule has 122 valence electrons. The smallest absolute Gasteiger partial charge is 0.241 e. The van der Waals surface area contributed by atoms with Gasteiger partial charge >= 0.3 is 0 Å². The molecule has 22 heavy (non-hydrogen) atoms. The molecule has 0 aliphatic heterocycles. The lowest BCUT2D eigenvalue weighted by Gasteiger charge is -2.25. The first kappa shape index (κ1) is 18.1. The van der Waals surface area contributed by atoms with Crippen molar-refractivity contribution in [3.05, 3.63) is 30.1 Å². The fourth-order valence-corrected chi connectivity index (χ4v) is 2.02. The van der Waals surface area contributed by atoms with Gasteiger partial charge < -0.3 is 9.80 Å². The molecule has 0 saturated heterocycles. The Labute approximate surface area is 133 Å². The molecule has 0 spiro atoms. The molecule has 1 heterocycles. The highest BCUT2D eigenvalue weighted by Crippen LogP contribution is 2.04. The topological polar surface area (TPSA) is 53.5 Å². The van der Waals surface area contributed by atoms with Gasteiger partial charge in [-0.3, -0.25) is 14.6 Å². The molecule has 2 amide bonds. The summed E-state index contributed by atoms with van der Waals surface area (Å²) in [6.45, 7) is 7.18. The Morgan fingerprint density at radius 1 is 1.18 bits per heavy atom. The van der Waals surface area contributed by atoms with Crippen molar-refractivity contribution < 1.29 is 9.59 Å². The standard InChI is InChI=1S/C17H27N3O2/c1-14(2)7-12-20(15(3)21)13-17(22)19(4)11-8-16-5-9-18-10-6-16/h5-6,9-10,14H,7-8,11-13H2,1-4H3. The number of rotatable bonds is 8. The molecule has 5 heteroatoms. The van der Waals surface area contributed by atoms with Crippen LogP contribution in [0.25, 0.3) is 0 Å². The first-order valence-corrected chi connectivity index (χ1v) is 7.78. The minimum Gasteiger partial charge on any atom is -0.344 e. The Balaban J connectivity index is 2.45. The van der Waals surface area contributed by atoms with E-state index in [1.807, 2.05) is 12.1 Å². The first-order valence-electron chi connectivity index (χ1n) is 7.78. The van der Waals surface area contributed by atoms with Crippen molar-refractivity contribution in [3.8, 4) is 0 Å². The van der Waals surface area contributed by atoms with Gasteiger partial charge in [0.25, 0.3) is 0 Å². The molecule has 1 rings (SSSR count). The van der Waals surface area contributed by atoms with E-state index in [0.717, 1.165) is 18.4 Å². The van der Waals surface area contributed by atoms with E-state index in [-0.39, 0.29) is 18.4 Å². The number of likely N-dealkylation sites (N-methyl/N-ethyl adjacent to an activating group) is 1. The summed E-state index contributed by atoms with van der Waals surface area (Å²) in [5, 5.41) is 0. The van der Waals surface area contributed by atoms with E-state index in [4.69, 9.17) is 0 Å². The molecular weight excluding hydrogens is 278 g/mol. The molecule has 0 bridgehead atoms. The summed E-state index contributed by atoms with van der Waals surface area (Å²) in [5.74, 6) is 0.450.